The number of nitrogens with zero attached hydrogens (tertiary/aromatic N) is 2. The van der Waals surface area contributed by atoms with Crippen LogP contribution in [-0.2, 0) is 11.4 Å². The normalized spacial score (nSPS) is 21.1. The van der Waals surface area contributed by atoms with Crippen LogP contribution in [0.25, 0.3) is 11.1 Å². The van der Waals surface area contributed by atoms with Crippen molar-refractivity contribution < 1.29 is 9.15 Å². The molecular formula is C13H15BrN2O3. The van der Waals surface area contributed by atoms with Gasteiger partial charge in [-0.2, -0.15) is 0 Å². The van der Waals surface area contributed by atoms with Gasteiger partial charge in [0.05, 0.1) is 24.9 Å². The Kier molecular flexibility index (Phi) is 3.47. The maximum absolute atomic E-state index is 11.9. The predicted molar refractivity (Wildman–Crippen MR) is 75.2 cm³/mol. The van der Waals surface area contributed by atoms with E-state index in [9.17, 15) is 4.79 Å². The molecule has 0 N–H and O–H groups in total. The second kappa shape index (κ2) is 5.11. The van der Waals surface area contributed by atoms with Crippen molar-refractivity contribution in [2.24, 2.45) is 0 Å². The molecule has 0 spiro atoms. The molecule has 2 heterocycles. The van der Waals surface area contributed by atoms with E-state index in [2.05, 4.69) is 20.8 Å². The standard InChI is InChI=1S/C13H15BrN2O3/c1-9-7-15(4-5-18-9)8-16-11-3-2-10(14)6-12(11)19-13(16)17/h2-3,6,9H,4-5,7-8H2,1H3/t9-/m0/s1. The summed E-state index contributed by atoms with van der Waals surface area (Å²) in [5, 5.41) is 0. The van der Waals surface area contributed by atoms with Gasteiger partial charge in [-0.1, -0.05) is 15.9 Å². The Morgan fingerprint density at radius 2 is 2.32 bits per heavy atom. The SMILES string of the molecule is C[C@H]1CN(Cn2c(=O)oc3cc(Br)ccc32)CCO1. The third-order valence-corrected chi connectivity index (χ3v) is 3.79. The van der Waals surface area contributed by atoms with Crippen LogP contribution in [0.3, 0.4) is 0 Å². The molecule has 19 heavy (non-hydrogen) atoms. The number of ether oxygens (including phenoxy) is 1. The lowest BCUT2D eigenvalue weighted by Crippen LogP contribution is -2.43. The summed E-state index contributed by atoms with van der Waals surface area (Å²) >= 11 is 3.37. The monoisotopic (exact) mass is 326 g/mol. The lowest BCUT2D eigenvalue weighted by molar-refractivity contribution is -0.0292. The minimum Gasteiger partial charge on any atom is -0.408 e. The summed E-state index contributed by atoms with van der Waals surface area (Å²) in [6, 6.07) is 5.62. The van der Waals surface area contributed by atoms with Gasteiger partial charge in [0.2, 0.25) is 0 Å². The quantitative estimate of drug-likeness (QED) is 0.847. The summed E-state index contributed by atoms with van der Waals surface area (Å²) in [5.41, 5.74) is 1.44. The highest BCUT2D eigenvalue weighted by Gasteiger charge is 2.19. The highest BCUT2D eigenvalue weighted by Crippen LogP contribution is 2.19. The maximum Gasteiger partial charge on any atom is 0.421 e. The molecule has 2 aromatic rings. The highest BCUT2D eigenvalue weighted by atomic mass is 79.9. The van der Waals surface area contributed by atoms with Crippen molar-refractivity contribution in [2.45, 2.75) is 19.7 Å². The third-order valence-electron chi connectivity index (χ3n) is 3.30. The predicted octanol–water partition coefficient (Wildman–Crippen LogP) is 2.04. The highest BCUT2D eigenvalue weighted by molar-refractivity contribution is 9.10. The zero-order chi connectivity index (χ0) is 13.4. The van der Waals surface area contributed by atoms with Gasteiger partial charge < -0.3 is 9.15 Å². The molecule has 1 saturated heterocycles. The van der Waals surface area contributed by atoms with Crippen molar-refractivity contribution in [3.05, 3.63) is 33.2 Å². The minimum absolute atomic E-state index is 0.205. The van der Waals surface area contributed by atoms with Crippen molar-refractivity contribution in [1.82, 2.24) is 9.47 Å². The fourth-order valence-electron chi connectivity index (χ4n) is 2.39. The zero-order valence-corrected chi connectivity index (χ0v) is 12.2. The molecular weight excluding hydrogens is 312 g/mol. The van der Waals surface area contributed by atoms with Crippen LogP contribution in [0.15, 0.2) is 31.9 Å². The molecule has 1 aliphatic rings. The average Bonchev–Trinajstić information content (AvgIpc) is 2.65. The van der Waals surface area contributed by atoms with E-state index >= 15 is 0 Å². The number of benzene rings is 1. The lowest BCUT2D eigenvalue weighted by Gasteiger charge is -2.30. The van der Waals surface area contributed by atoms with Crippen LogP contribution < -0.4 is 5.76 Å². The van der Waals surface area contributed by atoms with Crippen molar-refractivity contribution in [1.29, 1.82) is 0 Å². The van der Waals surface area contributed by atoms with Gasteiger partial charge in [-0.05, 0) is 25.1 Å². The Hall–Kier alpha value is -1.11. The Bertz CT molecular complexity index is 649. The van der Waals surface area contributed by atoms with Crippen LogP contribution in [0, 0.1) is 0 Å². The smallest absolute Gasteiger partial charge is 0.408 e. The number of halogens is 1. The fraction of sp³-hybridized carbons (Fsp3) is 0.462. The van der Waals surface area contributed by atoms with Gasteiger partial charge in [-0.25, -0.2) is 4.79 Å². The molecule has 1 aliphatic heterocycles. The van der Waals surface area contributed by atoms with Crippen LogP contribution in [0.2, 0.25) is 0 Å². The zero-order valence-electron chi connectivity index (χ0n) is 10.6. The summed E-state index contributed by atoms with van der Waals surface area (Å²) in [7, 11) is 0. The summed E-state index contributed by atoms with van der Waals surface area (Å²) < 4.78 is 13.3. The van der Waals surface area contributed by atoms with E-state index in [-0.39, 0.29) is 11.9 Å². The van der Waals surface area contributed by atoms with E-state index in [4.69, 9.17) is 9.15 Å². The van der Waals surface area contributed by atoms with Gasteiger partial charge in [-0.15, -0.1) is 0 Å². The van der Waals surface area contributed by atoms with E-state index in [0.717, 1.165) is 23.1 Å². The van der Waals surface area contributed by atoms with E-state index < -0.39 is 0 Å². The molecule has 0 aliphatic carbocycles. The summed E-state index contributed by atoms with van der Waals surface area (Å²) in [6.45, 7) is 4.95. The van der Waals surface area contributed by atoms with Crippen LogP contribution >= 0.6 is 15.9 Å². The topological polar surface area (TPSA) is 47.6 Å². The van der Waals surface area contributed by atoms with E-state index in [1.807, 2.05) is 25.1 Å². The van der Waals surface area contributed by atoms with Crippen LogP contribution in [0.1, 0.15) is 6.92 Å². The molecule has 0 bridgehead atoms. The van der Waals surface area contributed by atoms with Crippen molar-refractivity contribution >= 4 is 27.0 Å². The Labute approximate surface area is 118 Å². The van der Waals surface area contributed by atoms with Crippen LogP contribution in [-0.4, -0.2) is 35.3 Å². The Morgan fingerprint density at radius 3 is 3.11 bits per heavy atom. The van der Waals surface area contributed by atoms with Gasteiger partial charge in [0.1, 0.15) is 0 Å². The molecule has 5 nitrogen and oxygen atoms in total. The van der Waals surface area contributed by atoms with Gasteiger partial charge >= 0.3 is 5.76 Å². The Balaban J connectivity index is 1.92. The van der Waals surface area contributed by atoms with Crippen LogP contribution in [0.4, 0.5) is 0 Å². The number of hydrogen-bond donors (Lipinski definition) is 0. The van der Waals surface area contributed by atoms with E-state index in [1.165, 1.54) is 0 Å². The van der Waals surface area contributed by atoms with Gasteiger partial charge in [0, 0.05) is 17.6 Å². The first-order valence-electron chi connectivity index (χ1n) is 6.26. The van der Waals surface area contributed by atoms with E-state index in [0.29, 0.717) is 18.9 Å². The van der Waals surface area contributed by atoms with Gasteiger partial charge in [0.25, 0.3) is 0 Å². The van der Waals surface area contributed by atoms with Crippen molar-refractivity contribution in [2.75, 3.05) is 19.7 Å². The molecule has 0 radical (unpaired) electrons. The second-order valence-corrected chi connectivity index (χ2v) is 5.72. The molecule has 1 atom stereocenters. The minimum atomic E-state index is -0.313. The number of oxazole rings is 1. The van der Waals surface area contributed by atoms with Gasteiger partial charge in [0.15, 0.2) is 5.58 Å². The van der Waals surface area contributed by atoms with Crippen LogP contribution in [0.5, 0.6) is 0 Å². The summed E-state index contributed by atoms with van der Waals surface area (Å²) in [4.78, 5) is 14.1. The van der Waals surface area contributed by atoms with Gasteiger partial charge in [-0.3, -0.25) is 9.47 Å². The number of aromatic nitrogens is 1. The molecule has 3 rings (SSSR count). The van der Waals surface area contributed by atoms with E-state index in [1.54, 1.807) is 4.57 Å². The fourth-order valence-corrected chi connectivity index (χ4v) is 2.73. The first-order chi connectivity index (χ1) is 9.13. The number of rotatable bonds is 2. The summed E-state index contributed by atoms with van der Waals surface area (Å²) in [5.74, 6) is -0.313. The molecule has 0 saturated carbocycles. The molecule has 0 amide bonds. The number of fused-ring (bicyclic) bond motifs is 1. The average molecular weight is 327 g/mol. The molecule has 1 aromatic carbocycles. The summed E-state index contributed by atoms with van der Waals surface area (Å²) in [6.07, 6.45) is 0.205. The second-order valence-electron chi connectivity index (χ2n) is 4.81. The Morgan fingerprint density at radius 1 is 1.47 bits per heavy atom. The molecule has 0 unspecified atom stereocenters. The maximum atomic E-state index is 11.9. The first-order valence-corrected chi connectivity index (χ1v) is 7.05. The molecule has 6 heteroatoms. The van der Waals surface area contributed by atoms with Crippen molar-refractivity contribution in [3.63, 3.8) is 0 Å². The lowest BCUT2D eigenvalue weighted by atomic mass is 10.3. The number of hydrogen-bond acceptors (Lipinski definition) is 4. The number of morpholine rings is 1. The van der Waals surface area contributed by atoms with Crippen molar-refractivity contribution in [3.8, 4) is 0 Å². The largest absolute Gasteiger partial charge is 0.421 e. The molecule has 102 valence electrons. The first kappa shape index (κ1) is 12.9. The molecule has 1 aromatic heterocycles. The molecule has 1 fully saturated rings. The third kappa shape index (κ3) is 2.61.